The number of aromatic amines is 1. The number of nitrogens with zero attached hydrogens (tertiary/aromatic N) is 3. The van der Waals surface area contributed by atoms with Crippen LogP contribution in [0.4, 0.5) is 10.1 Å². The molecule has 1 fully saturated rings. The van der Waals surface area contributed by atoms with Crippen molar-refractivity contribution in [1.29, 1.82) is 0 Å². The molecule has 7 nitrogen and oxygen atoms in total. The Morgan fingerprint density at radius 2 is 1.89 bits per heavy atom. The molecule has 0 saturated carbocycles. The van der Waals surface area contributed by atoms with Crippen molar-refractivity contribution >= 4 is 28.1 Å². The van der Waals surface area contributed by atoms with Gasteiger partial charge in [0.25, 0.3) is 0 Å². The van der Waals surface area contributed by atoms with Gasteiger partial charge in [0.15, 0.2) is 0 Å². The number of halogens is 1. The molecule has 1 saturated heterocycles. The molecule has 5 rings (SSSR count). The van der Waals surface area contributed by atoms with Crippen LogP contribution >= 0.6 is 0 Å². The summed E-state index contributed by atoms with van der Waals surface area (Å²) in [5.74, 6) is 0.800. The van der Waals surface area contributed by atoms with Crippen molar-refractivity contribution in [3.63, 3.8) is 0 Å². The summed E-state index contributed by atoms with van der Waals surface area (Å²) in [7, 11) is 1.71. The number of hydrogen-bond donors (Lipinski definition) is 2. The standard InChI is InChI=1S/C29H36FN5O2/c1-37-28-5-3-2-4-27(28)35-18-16-34(17-19-35)15-11-31-29(36)10-14-33-12-8-22(9-13-33)25-21-32-26-20-23(30)6-7-24(25)26/h2-8,20-21,32H,9-19H2,1H3,(H,31,36). The van der Waals surface area contributed by atoms with E-state index < -0.39 is 0 Å². The minimum Gasteiger partial charge on any atom is -0.495 e. The van der Waals surface area contributed by atoms with Gasteiger partial charge < -0.3 is 19.9 Å². The van der Waals surface area contributed by atoms with Crippen molar-refractivity contribution in [2.45, 2.75) is 12.8 Å². The number of fused-ring (bicyclic) bond motifs is 1. The zero-order valence-electron chi connectivity index (χ0n) is 21.5. The van der Waals surface area contributed by atoms with E-state index in [9.17, 15) is 9.18 Å². The van der Waals surface area contributed by atoms with E-state index in [-0.39, 0.29) is 11.7 Å². The number of rotatable bonds is 9. The van der Waals surface area contributed by atoms with Crippen LogP contribution in [0.15, 0.2) is 54.7 Å². The highest BCUT2D eigenvalue weighted by atomic mass is 19.1. The minimum absolute atomic E-state index is 0.112. The molecule has 0 radical (unpaired) electrons. The Balaban J connectivity index is 0.998. The van der Waals surface area contributed by atoms with E-state index in [2.05, 4.69) is 37.1 Å². The van der Waals surface area contributed by atoms with Crippen LogP contribution in [0.3, 0.4) is 0 Å². The van der Waals surface area contributed by atoms with Crippen molar-refractivity contribution in [1.82, 2.24) is 20.1 Å². The summed E-state index contributed by atoms with van der Waals surface area (Å²) in [6.07, 6.45) is 5.64. The van der Waals surface area contributed by atoms with Gasteiger partial charge in [-0.3, -0.25) is 14.6 Å². The SMILES string of the molecule is COc1ccccc1N1CCN(CCNC(=O)CCN2CC=C(c3c[nH]c4cc(F)ccc34)CC2)CC1. The largest absolute Gasteiger partial charge is 0.495 e. The summed E-state index contributed by atoms with van der Waals surface area (Å²) >= 11 is 0. The molecular formula is C29H36FN5O2. The van der Waals surface area contributed by atoms with Gasteiger partial charge in [-0.25, -0.2) is 4.39 Å². The molecule has 1 amide bonds. The molecule has 2 aliphatic rings. The summed E-state index contributed by atoms with van der Waals surface area (Å²) in [5.41, 5.74) is 4.41. The first-order valence-corrected chi connectivity index (χ1v) is 13.2. The lowest BCUT2D eigenvalue weighted by Crippen LogP contribution is -2.48. The third-order valence-corrected chi connectivity index (χ3v) is 7.49. The van der Waals surface area contributed by atoms with E-state index >= 15 is 0 Å². The molecular weight excluding hydrogens is 469 g/mol. The molecule has 2 aromatic carbocycles. The average Bonchev–Trinajstić information content (AvgIpc) is 3.35. The second-order valence-electron chi connectivity index (χ2n) is 9.77. The Labute approximate surface area is 217 Å². The average molecular weight is 506 g/mol. The van der Waals surface area contributed by atoms with Gasteiger partial charge >= 0.3 is 0 Å². The van der Waals surface area contributed by atoms with Crippen LogP contribution in [0.2, 0.25) is 0 Å². The Hall–Kier alpha value is -3.36. The van der Waals surface area contributed by atoms with Crippen molar-refractivity contribution < 1.29 is 13.9 Å². The second kappa shape index (κ2) is 11.8. The molecule has 0 bridgehead atoms. The van der Waals surface area contributed by atoms with Crippen LogP contribution in [0.25, 0.3) is 16.5 Å². The summed E-state index contributed by atoms with van der Waals surface area (Å²) in [6, 6.07) is 13.0. The first kappa shape index (κ1) is 25.3. The molecule has 0 aliphatic carbocycles. The number of H-pyrrole nitrogens is 1. The third-order valence-electron chi connectivity index (χ3n) is 7.49. The predicted octanol–water partition coefficient (Wildman–Crippen LogP) is 3.73. The number of methoxy groups -OCH3 is 1. The summed E-state index contributed by atoms with van der Waals surface area (Å²) in [5, 5.41) is 4.15. The first-order chi connectivity index (χ1) is 18.1. The maximum Gasteiger partial charge on any atom is 0.221 e. The van der Waals surface area contributed by atoms with Gasteiger partial charge in [-0.2, -0.15) is 0 Å². The smallest absolute Gasteiger partial charge is 0.221 e. The highest BCUT2D eigenvalue weighted by Gasteiger charge is 2.20. The topological polar surface area (TPSA) is 63.8 Å². The van der Waals surface area contributed by atoms with Gasteiger partial charge in [0, 0.05) is 88.0 Å². The molecule has 3 heterocycles. The molecule has 2 N–H and O–H groups in total. The molecule has 196 valence electrons. The number of para-hydroxylation sites is 2. The van der Waals surface area contributed by atoms with E-state index in [1.807, 2.05) is 30.5 Å². The highest BCUT2D eigenvalue weighted by molar-refractivity contribution is 5.92. The Kier molecular flexibility index (Phi) is 8.06. The Morgan fingerprint density at radius 3 is 2.68 bits per heavy atom. The van der Waals surface area contributed by atoms with E-state index in [0.29, 0.717) is 13.0 Å². The van der Waals surface area contributed by atoms with Crippen LogP contribution in [-0.2, 0) is 4.79 Å². The van der Waals surface area contributed by atoms with E-state index in [1.54, 1.807) is 7.11 Å². The number of amides is 1. The number of carbonyl (C=O) groups is 1. The normalized spacial score (nSPS) is 17.1. The quantitative estimate of drug-likeness (QED) is 0.464. The van der Waals surface area contributed by atoms with Crippen molar-refractivity contribution in [3.8, 4) is 5.75 Å². The number of aromatic nitrogens is 1. The number of piperazine rings is 1. The van der Waals surface area contributed by atoms with Gasteiger partial charge in [0.1, 0.15) is 11.6 Å². The number of benzene rings is 2. The predicted molar refractivity (Wildman–Crippen MR) is 147 cm³/mol. The number of ether oxygens (including phenoxy) is 1. The van der Waals surface area contributed by atoms with Gasteiger partial charge in [0.05, 0.1) is 12.8 Å². The lowest BCUT2D eigenvalue weighted by Gasteiger charge is -2.36. The fraction of sp³-hybridized carbons (Fsp3) is 0.414. The van der Waals surface area contributed by atoms with Gasteiger partial charge in [0.2, 0.25) is 5.91 Å². The van der Waals surface area contributed by atoms with Gasteiger partial charge in [-0.05, 0) is 42.3 Å². The van der Waals surface area contributed by atoms with Crippen molar-refractivity contribution in [3.05, 3.63) is 66.1 Å². The molecule has 2 aliphatic heterocycles. The monoisotopic (exact) mass is 505 g/mol. The van der Waals surface area contributed by atoms with Gasteiger partial charge in [-0.15, -0.1) is 0 Å². The van der Waals surface area contributed by atoms with Crippen molar-refractivity contribution in [2.24, 2.45) is 0 Å². The summed E-state index contributed by atoms with van der Waals surface area (Å²) < 4.78 is 19.0. The summed E-state index contributed by atoms with van der Waals surface area (Å²) in [6.45, 7) is 7.91. The maximum atomic E-state index is 13.5. The fourth-order valence-electron chi connectivity index (χ4n) is 5.33. The van der Waals surface area contributed by atoms with Crippen LogP contribution in [0, 0.1) is 5.82 Å². The second-order valence-corrected chi connectivity index (χ2v) is 9.77. The molecule has 8 heteroatoms. The molecule has 3 aromatic rings. The maximum absolute atomic E-state index is 13.5. The number of anilines is 1. The Bertz CT molecular complexity index is 1250. The minimum atomic E-state index is -0.227. The number of carbonyl (C=O) groups excluding carboxylic acids is 1. The fourth-order valence-corrected chi connectivity index (χ4v) is 5.33. The zero-order chi connectivity index (χ0) is 25.6. The van der Waals surface area contributed by atoms with Crippen LogP contribution < -0.4 is 15.0 Å². The molecule has 37 heavy (non-hydrogen) atoms. The highest BCUT2D eigenvalue weighted by Crippen LogP contribution is 2.30. The molecule has 0 spiro atoms. The lowest BCUT2D eigenvalue weighted by atomic mass is 9.99. The third kappa shape index (κ3) is 6.14. The summed E-state index contributed by atoms with van der Waals surface area (Å²) in [4.78, 5) is 22.7. The Morgan fingerprint density at radius 1 is 1.05 bits per heavy atom. The van der Waals surface area contributed by atoms with Crippen LogP contribution in [-0.4, -0.2) is 86.7 Å². The number of nitrogens with one attached hydrogen (secondary N) is 2. The van der Waals surface area contributed by atoms with E-state index in [4.69, 9.17) is 4.74 Å². The first-order valence-electron chi connectivity index (χ1n) is 13.2. The molecule has 0 atom stereocenters. The van der Waals surface area contributed by atoms with E-state index in [0.717, 1.165) is 86.7 Å². The van der Waals surface area contributed by atoms with Crippen LogP contribution in [0.5, 0.6) is 5.75 Å². The lowest BCUT2D eigenvalue weighted by molar-refractivity contribution is -0.121. The molecule has 0 unspecified atom stereocenters. The van der Waals surface area contributed by atoms with E-state index in [1.165, 1.54) is 17.7 Å². The molecule has 1 aromatic heterocycles. The van der Waals surface area contributed by atoms with Crippen LogP contribution in [0.1, 0.15) is 18.4 Å². The van der Waals surface area contributed by atoms with Gasteiger partial charge in [-0.1, -0.05) is 18.2 Å². The zero-order valence-corrected chi connectivity index (χ0v) is 21.5. The number of hydrogen-bond acceptors (Lipinski definition) is 5. The van der Waals surface area contributed by atoms with Crippen molar-refractivity contribution in [2.75, 3.05) is 70.9 Å².